The number of methoxy groups -OCH3 is 1. The fraction of sp³-hybridized carbons (Fsp3) is 0.400. The highest BCUT2D eigenvalue weighted by Gasteiger charge is 2.26. The van der Waals surface area contributed by atoms with Crippen LogP contribution in [0.25, 0.3) is 10.2 Å². The van der Waals surface area contributed by atoms with Gasteiger partial charge in [-0.2, -0.15) is 0 Å². The van der Waals surface area contributed by atoms with E-state index in [0.29, 0.717) is 51.3 Å². The Morgan fingerprint density at radius 2 is 1.86 bits per heavy atom. The van der Waals surface area contributed by atoms with Crippen LogP contribution in [0.5, 0.6) is 0 Å². The van der Waals surface area contributed by atoms with Crippen molar-refractivity contribution in [2.75, 3.05) is 25.5 Å². The number of amides is 2. The van der Waals surface area contributed by atoms with Gasteiger partial charge in [-0.25, -0.2) is 9.78 Å². The van der Waals surface area contributed by atoms with Crippen molar-refractivity contribution in [3.05, 3.63) is 57.0 Å². The number of para-hydroxylation sites is 1. The Labute approximate surface area is 206 Å². The molecule has 3 heterocycles. The predicted molar refractivity (Wildman–Crippen MR) is 134 cm³/mol. The molecule has 0 saturated carbocycles. The van der Waals surface area contributed by atoms with Gasteiger partial charge in [-0.1, -0.05) is 26.0 Å². The molecule has 4 rings (SSSR count). The van der Waals surface area contributed by atoms with Gasteiger partial charge >= 0.3 is 5.97 Å². The summed E-state index contributed by atoms with van der Waals surface area (Å²) in [5.41, 5.74) is 0.659. The standard InChI is InChI=1S/C25H28N4O5S/c1-14-9-15(2)11-28(10-14)19(30)12-29-13-26-23-20(24(29)32)16(3)21(35-23)22(31)27-18-8-6-5-7-17(18)25(33)34-4/h5-8,13-15H,9-12H2,1-4H3,(H,27,31)/t14-,15+. The number of nitrogens with zero attached hydrogens (tertiary/aromatic N) is 3. The molecule has 2 aromatic heterocycles. The number of benzene rings is 1. The Balaban J connectivity index is 1.60. The van der Waals surface area contributed by atoms with Gasteiger partial charge in [0, 0.05) is 13.1 Å². The minimum atomic E-state index is -0.569. The Kier molecular flexibility index (Phi) is 7.02. The highest BCUT2D eigenvalue weighted by atomic mass is 32.1. The Bertz CT molecular complexity index is 1350. The molecule has 0 radical (unpaired) electrons. The van der Waals surface area contributed by atoms with Crippen molar-refractivity contribution < 1.29 is 19.1 Å². The average molecular weight is 497 g/mol. The van der Waals surface area contributed by atoms with Crippen molar-refractivity contribution in [1.29, 1.82) is 0 Å². The van der Waals surface area contributed by atoms with Crippen molar-refractivity contribution in [2.24, 2.45) is 11.8 Å². The summed E-state index contributed by atoms with van der Waals surface area (Å²) in [6.07, 6.45) is 2.45. The third-order valence-electron chi connectivity index (χ3n) is 6.23. The van der Waals surface area contributed by atoms with Crippen molar-refractivity contribution in [3.8, 4) is 0 Å². The lowest BCUT2D eigenvalue weighted by molar-refractivity contribution is -0.134. The number of rotatable bonds is 5. The van der Waals surface area contributed by atoms with Crippen molar-refractivity contribution >= 4 is 45.0 Å². The maximum atomic E-state index is 13.2. The molecule has 0 aliphatic carbocycles. The fourth-order valence-corrected chi connectivity index (χ4v) is 5.69. The van der Waals surface area contributed by atoms with Crippen molar-refractivity contribution in [2.45, 2.75) is 33.7 Å². The van der Waals surface area contributed by atoms with E-state index in [1.165, 1.54) is 18.0 Å². The van der Waals surface area contributed by atoms with E-state index in [2.05, 4.69) is 24.1 Å². The summed E-state index contributed by atoms with van der Waals surface area (Å²) in [6.45, 7) is 7.21. The van der Waals surface area contributed by atoms with E-state index in [9.17, 15) is 19.2 Å². The number of carbonyl (C=O) groups is 3. The van der Waals surface area contributed by atoms with Gasteiger partial charge in [0.1, 0.15) is 11.4 Å². The first kappa shape index (κ1) is 24.6. The van der Waals surface area contributed by atoms with Gasteiger partial charge in [0.2, 0.25) is 5.91 Å². The molecule has 0 spiro atoms. The number of nitrogens with one attached hydrogen (secondary N) is 1. The topological polar surface area (TPSA) is 111 Å². The smallest absolute Gasteiger partial charge is 0.339 e. The van der Waals surface area contributed by atoms with E-state index >= 15 is 0 Å². The summed E-state index contributed by atoms with van der Waals surface area (Å²) in [7, 11) is 1.27. The highest BCUT2D eigenvalue weighted by Crippen LogP contribution is 2.28. The number of aryl methyl sites for hydroxylation is 1. The van der Waals surface area contributed by atoms with Gasteiger partial charge in [0.05, 0.1) is 35.0 Å². The second-order valence-corrected chi connectivity index (χ2v) is 10.1. The predicted octanol–water partition coefficient (Wildman–Crippen LogP) is 3.31. The van der Waals surface area contributed by atoms with Crippen LogP contribution in [0.2, 0.25) is 0 Å². The quantitative estimate of drug-likeness (QED) is 0.543. The van der Waals surface area contributed by atoms with Gasteiger partial charge in [-0.3, -0.25) is 19.0 Å². The molecular weight excluding hydrogens is 468 g/mol. The largest absolute Gasteiger partial charge is 0.465 e. The average Bonchev–Trinajstić information content (AvgIpc) is 3.17. The lowest BCUT2D eigenvalue weighted by Crippen LogP contribution is -2.44. The molecule has 35 heavy (non-hydrogen) atoms. The number of fused-ring (bicyclic) bond motifs is 1. The van der Waals surface area contributed by atoms with Gasteiger partial charge < -0.3 is 15.0 Å². The van der Waals surface area contributed by atoms with Gasteiger partial charge in [-0.15, -0.1) is 11.3 Å². The molecule has 1 aliphatic rings. The van der Waals surface area contributed by atoms with Crippen LogP contribution >= 0.6 is 11.3 Å². The van der Waals surface area contributed by atoms with Crippen molar-refractivity contribution in [3.63, 3.8) is 0 Å². The van der Waals surface area contributed by atoms with Gasteiger partial charge in [-0.05, 0) is 42.9 Å². The number of carbonyl (C=O) groups excluding carboxylic acids is 3. The molecule has 10 heteroatoms. The fourth-order valence-electron chi connectivity index (χ4n) is 4.66. The van der Waals surface area contributed by atoms with E-state index in [-0.39, 0.29) is 23.6 Å². The van der Waals surface area contributed by atoms with Crippen LogP contribution in [0.3, 0.4) is 0 Å². The van der Waals surface area contributed by atoms with Crippen LogP contribution in [-0.2, 0) is 16.1 Å². The summed E-state index contributed by atoms with van der Waals surface area (Å²) in [5, 5.41) is 3.05. The third-order valence-corrected chi connectivity index (χ3v) is 7.43. The summed E-state index contributed by atoms with van der Waals surface area (Å²) in [5.74, 6) is -0.299. The monoisotopic (exact) mass is 496 g/mol. The maximum Gasteiger partial charge on any atom is 0.339 e. The van der Waals surface area contributed by atoms with E-state index < -0.39 is 11.9 Å². The van der Waals surface area contributed by atoms with Crippen LogP contribution < -0.4 is 10.9 Å². The molecule has 2 amide bonds. The molecule has 0 bridgehead atoms. The number of likely N-dealkylation sites (tertiary alicyclic amines) is 1. The minimum absolute atomic E-state index is 0.0927. The normalized spacial score (nSPS) is 17.9. The second kappa shape index (κ2) is 9.99. The first-order valence-corrected chi connectivity index (χ1v) is 12.3. The third kappa shape index (κ3) is 4.97. The molecule has 1 aromatic carbocycles. The highest BCUT2D eigenvalue weighted by molar-refractivity contribution is 7.20. The van der Waals surface area contributed by atoms with Crippen LogP contribution in [0.15, 0.2) is 35.4 Å². The molecular formula is C25H28N4O5S. The zero-order valence-electron chi connectivity index (χ0n) is 20.2. The van der Waals surface area contributed by atoms with E-state index in [4.69, 9.17) is 4.74 Å². The molecule has 3 aromatic rings. The zero-order chi connectivity index (χ0) is 25.3. The maximum absolute atomic E-state index is 13.2. The molecule has 1 aliphatic heterocycles. The van der Waals surface area contributed by atoms with Gasteiger partial charge in [0.15, 0.2) is 0 Å². The van der Waals surface area contributed by atoms with E-state index in [1.807, 2.05) is 4.90 Å². The van der Waals surface area contributed by atoms with Crippen LogP contribution in [-0.4, -0.2) is 52.4 Å². The van der Waals surface area contributed by atoms with E-state index in [1.54, 1.807) is 31.2 Å². The summed E-state index contributed by atoms with van der Waals surface area (Å²) >= 11 is 1.09. The Hall–Kier alpha value is -3.53. The minimum Gasteiger partial charge on any atom is -0.465 e. The molecule has 0 unspecified atom stereocenters. The number of aromatic nitrogens is 2. The van der Waals surface area contributed by atoms with Crippen LogP contribution in [0, 0.1) is 18.8 Å². The van der Waals surface area contributed by atoms with Crippen molar-refractivity contribution in [1.82, 2.24) is 14.5 Å². The molecule has 2 atom stereocenters. The number of hydrogen-bond acceptors (Lipinski definition) is 7. The van der Waals surface area contributed by atoms with Crippen LogP contribution in [0.4, 0.5) is 5.69 Å². The van der Waals surface area contributed by atoms with Crippen LogP contribution in [0.1, 0.15) is 45.9 Å². The Morgan fingerprint density at radius 3 is 2.54 bits per heavy atom. The number of piperidine rings is 1. The van der Waals surface area contributed by atoms with Gasteiger partial charge in [0.25, 0.3) is 11.5 Å². The molecule has 184 valence electrons. The first-order chi connectivity index (χ1) is 16.7. The lowest BCUT2D eigenvalue weighted by Gasteiger charge is -2.35. The molecule has 9 nitrogen and oxygen atoms in total. The second-order valence-electron chi connectivity index (χ2n) is 9.15. The SMILES string of the molecule is COC(=O)c1ccccc1NC(=O)c1sc2ncn(CC(=O)N3C[C@H](C)C[C@H](C)C3)c(=O)c2c1C. The Morgan fingerprint density at radius 1 is 1.17 bits per heavy atom. The zero-order valence-corrected chi connectivity index (χ0v) is 21.0. The summed E-state index contributed by atoms with van der Waals surface area (Å²) in [6, 6.07) is 6.53. The summed E-state index contributed by atoms with van der Waals surface area (Å²) < 4.78 is 6.09. The molecule has 1 N–H and O–H groups in total. The number of hydrogen-bond donors (Lipinski definition) is 1. The number of esters is 1. The number of anilines is 1. The number of ether oxygens (including phenoxy) is 1. The summed E-state index contributed by atoms with van der Waals surface area (Å²) in [4.78, 5) is 58.1. The number of thiophene rings is 1. The first-order valence-electron chi connectivity index (χ1n) is 11.4. The lowest BCUT2D eigenvalue weighted by atomic mass is 9.92. The molecule has 1 saturated heterocycles. The van der Waals surface area contributed by atoms with E-state index in [0.717, 1.165) is 17.8 Å². The molecule has 1 fully saturated rings.